The highest BCUT2D eigenvalue weighted by atomic mass is 16.5. The van der Waals surface area contributed by atoms with E-state index in [0.29, 0.717) is 5.92 Å². The number of hydrogen-bond acceptors (Lipinski definition) is 2. The third kappa shape index (κ3) is 3.27. The van der Waals surface area contributed by atoms with Gasteiger partial charge in [-0.3, -0.25) is 0 Å². The van der Waals surface area contributed by atoms with Crippen molar-refractivity contribution in [1.29, 1.82) is 0 Å². The van der Waals surface area contributed by atoms with Crippen molar-refractivity contribution in [2.45, 2.75) is 12.8 Å². The summed E-state index contributed by atoms with van der Waals surface area (Å²) in [5.74, 6) is 1.38. The molecule has 2 rings (SSSR count). The van der Waals surface area contributed by atoms with Crippen LogP contribution in [-0.2, 0) is 0 Å². The van der Waals surface area contributed by atoms with E-state index in [1.54, 1.807) is 7.11 Å². The number of ether oxygens (including phenoxy) is 1. The van der Waals surface area contributed by atoms with Gasteiger partial charge >= 0.3 is 0 Å². The fourth-order valence-corrected chi connectivity index (χ4v) is 1.88. The van der Waals surface area contributed by atoms with E-state index >= 15 is 0 Å². The molecule has 0 heterocycles. The van der Waals surface area contributed by atoms with Crippen LogP contribution in [0.1, 0.15) is 18.4 Å². The molecule has 2 aromatic carbocycles. The number of nitrogens with one attached hydrogen (secondary N) is 1. The first-order valence-corrected chi connectivity index (χ1v) is 6.22. The number of methoxy groups -OCH3 is 1. The Balaban J connectivity index is 1.91. The maximum absolute atomic E-state index is 5.14. The van der Waals surface area contributed by atoms with Crippen molar-refractivity contribution in [3.63, 3.8) is 0 Å². The largest absolute Gasteiger partial charge is 0.497 e. The molecule has 0 bridgehead atoms. The summed E-state index contributed by atoms with van der Waals surface area (Å²) in [6, 6.07) is 18.6. The second kappa shape index (κ2) is 6.10. The van der Waals surface area contributed by atoms with Gasteiger partial charge in [0.2, 0.25) is 0 Å². The normalized spacial score (nSPS) is 11.9. The lowest BCUT2D eigenvalue weighted by molar-refractivity contribution is 0.415. The van der Waals surface area contributed by atoms with Crippen LogP contribution >= 0.6 is 0 Å². The first-order valence-electron chi connectivity index (χ1n) is 6.22. The van der Waals surface area contributed by atoms with Gasteiger partial charge < -0.3 is 10.1 Å². The third-order valence-corrected chi connectivity index (χ3v) is 3.07. The molecule has 0 amide bonds. The summed E-state index contributed by atoms with van der Waals surface area (Å²) >= 11 is 0. The molecule has 1 N–H and O–H groups in total. The molecule has 0 saturated heterocycles. The van der Waals surface area contributed by atoms with Crippen molar-refractivity contribution in [2.24, 2.45) is 0 Å². The fourth-order valence-electron chi connectivity index (χ4n) is 1.88. The highest BCUT2D eigenvalue weighted by Gasteiger charge is 2.04. The first-order chi connectivity index (χ1) is 8.79. The van der Waals surface area contributed by atoms with Crippen LogP contribution in [0, 0.1) is 0 Å². The highest BCUT2D eigenvalue weighted by molar-refractivity contribution is 5.46. The molecule has 0 unspecified atom stereocenters. The molecular weight excluding hydrogens is 222 g/mol. The summed E-state index contributed by atoms with van der Waals surface area (Å²) in [4.78, 5) is 0. The Hall–Kier alpha value is -1.96. The van der Waals surface area contributed by atoms with Crippen molar-refractivity contribution >= 4 is 5.69 Å². The number of rotatable bonds is 5. The van der Waals surface area contributed by atoms with E-state index < -0.39 is 0 Å². The van der Waals surface area contributed by atoms with E-state index in [-0.39, 0.29) is 0 Å². The van der Waals surface area contributed by atoms with Gasteiger partial charge in [-0.05, 0) is 35.7 Å². The Kier molecular flexibility index (Phi) is 4.24. The molecule has 0 aliphatic rings. The summed E-state index contributed by atoms with van der Waals surface area (Å²) in [6.45, 7) is 3.15. The van der Waals surface area contributed by atoms with Crippen LogP contribution < -0.4 is 10.1 Å². The lowest BCUT2D eigenvalue weighted by Crippen LogP contribution is -2.09. The van der Waals surface area contributed by atoms with Gasteiger partial charge in [-0.2, -0.15) is 0 Å². The second-order valence-electron chi connectivity index (χ2n) is 4.42. The molecule has 94 valence electrons. The summed E-state index contributed by atoms with van der Waals surface area (Å²) in [5.41, 5.74) is 2.48. The Morgan fingerprint density at radius 2 is 1.67 bits per heavy atom. The van der Waals surface area contributed by atoms with Gasteiger partial charge in [0.1, 0.15) is 5.75 Å². The Labute approximate surface area is 109 Å². The molecule has 1 atom stereocenters. The first kappa shape index (κ1) is 12.5. The van der Waals surface area contributed by atoms with Crippen LogP contribution in [0.3, 0.4) is 0 Å². The van der Waals surface area contributed by atoms with Crippen molar-refractivity contribution in [3.05, 3.63) is 60.2 Å². The van der Waals surface area contributed by atoms with Crippen LogP contribution in [-0.4, -0.2) is 13.7 Å². The van der Waals surface area contributed by atoms with Gasteiger partial charge in [0.05, 0.1) is 7.11 Å². The average molecular weight is 241 g/mol. The molecule has 0 saturated carbocycles. The molecule has 0 radical (unpaired) electrons. The number of benzene rings is 2. The summed E-state index contributed by atoms with van der Waals surface area (Å²) < 4.78 is 5.14. The maximum atomic E-state index is 5.14. The topological polar surface area (TPSA) is 21.3 Å². The van der Waals surface area contributed by atoms with E-state index in [0.717, 1.165) is 18.0 Å². The van der Waals surface area contributed by atoms with Crippen LogP contribution in [0.4, 0.5) is 5.69 Å². The average Bonchev–Trinajstić information content (AvgIpc) is 2.46. The van der Waals surface area contributed by atoms with Crippen LogP contribution in [0.5, 0.6) is 5.75 Å². The quantitative estimate of drug-likeness (QED) is 0.857. The molecule has 0 fully saturated rings. The molecule has 2 nitrogen and oxygen atoms in total. The standard InChI is InChI=1S/C16H19NO/c1-13(14-6-4-3-5-7-14)12-17-15-8-10-16(18-2)11-9-15/h3-11,13,17H,12H2,1-2H3/t13-/m1/s1. The molecule has 0 aromatic heterocycles. The smallest absolute Gasteiger partial charge is 0.119 e. The van der Waals surface area contributed by atoms with E-state index in [9.17, 15) is 0 Å². The minimum Gasteiger partial charge on any atom is -0.497 e. The van der Waals surface area contributed by atoms with Crippen molar-refractivity contribution < 1.29 is 4.74 Å². The number of anilines is 1. The van der Waals surface area contributed by atoms with Crippen molar-refractivity contribution in [3.8, 4) is 5.75 Å². The fraction of sp³-hybridized carbons (Fsp3) is 0.250. The van der Waals surface area contributed by atoms with Gasteiger partial charge in [0.15, 0.2) is 0 Å². The number of hydrogen-bond donors (Lipinski definition) is 1. The van der Waals surface area contributed by atoms with E-state index in [2.05, 4.69) is 36.5 Å². The predicted octanol–water partition coefficient (Wildman–Crippen LogP) is 3.91. The third-order valence-electron chi connectivity index (χ3n) is 3.07. The zero-order chi connectivity index (χ0) is 12.8. The van der Waals surface area contributed by atoms with Crippen LogP contribution in [0.25, 0.3) is 0 Å². The van der Waals surface area contributed by atoms with Gasteiger partial charge in [0.25, 0.3) is 0 Å². The Morgan fingerprint density at radius 1 is 1.00 bits per heavy atom. The van der Waals surface area contributed by atoms with Gasteiger partial charge in [-0.15, -0.1) is 0 Å². The van der Waals surface area contributed by atoms with Gasteiger partial charge in [0, 0.05) is 12.2 Å². The predicted molar refractivity (Wildman–Crippen MR) is 76.3 cm³/mol. The van der Waals surface area contributed by atoms with Crippen molar-refractivity contribution in [1.82, 2.24) is 0 Å². The second-order valence-corrected chi connectivity index (χ2v) is 4.42. The van der Waals surface area contributed by atoms with Gasteiger partial charge in [-0.25, -0.2) is 0 Å². The highest BCUT2D eigenvalue weighted by Crippen LogP contribution is 2.18. The molecule has 18 heavy (non-hydrogen) atoms. The Bertz CT molecular complexity index is 464. The molecule has 2 heteroatoms. The van der Waals surface area contributed by atoms with E-state index in [1.165, 1.54) is 5.56 Å². The molecule has 0 aliphatic carbocycles. The van der Waals surface area contributed by atoms with E-state index in [4.69, 9.17) is 4.74 Å². The molecule has 2 aromatic rings. The minimum atomic E-state index is 0.494. The van der Waals surface area contributed by atoms with E-state index in [1.807, 2.05) is 30.3 Å². The zero-order valence-electron chi connectivity index (χ0n) is 10.9. The lowest BCUT2D eigenvalue weighted by atomic mass is 10.0. The van der Waals surface area contributed by atoms with Crippen LogP contribution in [0.15, 0.2) is 54.6 Å². The van der Waals surface area contributed by atoms with Crippen molar-refractivity contribution in [2.75, 3.05) is 19.0 Å². The molecule has 0 aliphatic heterocycles. The zero-order valence-corrected chi connectivity index (χ0v) is 10.9. The SMILES string of the molecule is COc1ccc(NC[C@@H](C)c2ccccc2)cc1. The lowest BCUT2D eigenvalue weighted by Gasteiger charge is -2.14. The monoisotopic (exact) mass is 241 g/mol. The molecular formula is C16H19NO. The molecule has 0 spiro atoms. The van der Waals surface area contributed by atoms with Crippen LogP contribution in [0.2, 0.25) is 0 Å². The minimum absolute atomic E-state index is 0.494. The Morgan fingerprint density at radius 3 is 2.28 bits per heavy atom. The summed E-state index contributed by atoms with van der Waals surface area (Å²) in [5, 5.41) is 3.44. The summed E-state index contributed by atoms with van der Waals surface area (Å²) in [6.07, 6.45) is 0. The summed E-state index contributed by atoms with van der Waals surface area (Å²) in [7, 11) is 1.68. The van der Waals surface area contributed by atoms with Gasteiger partial charge in [-0.1, -0.05) is 37.3 Å². The maximum Gasteiger partial charge on any atom is 0.119 e.